The second kappa shape index (κ2) is 6.86. The van der Waals surface area contributed by atoms with Gasteiger partial charge in [0.2, 0.25) is 0 Å². The molecule has 2 fully saturated rings. The van der Waals surface area contributed by atoms with Gasteiger partial charge < -0.3 is 4.57 Å². The molecule has 1 aromatic heterocycles. The van der Waals surface area contributed by atoms with Gasteiger partial charge in [-0.05, 0) is 43.4 Å². The molecule has 2 aliphatic rings. The fourth-order valence-corrected chi connectivity index (χ4v) is 4.51. The predicted molar refractivity (Wildman–Crippen MR) is 95.1 cm³/mol. The molecule has 1 aromatic carbocycles. The van der Waals surface area contributed by atoms with Crippen LogP contribution in [0.3, 0.4) is 0 Å². The van der Waals surface area contributed by atoms with Gasteiger partial charge in [-0.3, -0.25) is 0 Å². The van der Waals surface area contributed by atoms with Crippen LogP contribution in [0.2, 0.25) is 5.02 Å². The number of halogens is 1. The van der Waals surface area contributed by atoms with E-state index in [1.54, 1.807) is 0 Å². The van der Waals surface area contributed by atoms with E-state index in [1.165, 1.54) is 56.3 Å². The van der Waals surface area contributed by atoms with Crippen LogP contribution in [0.5, 0.6) is 0 Å². The second-order valence-electron chi connectivity index (χ2n) is 6.69. The molecule has 0 N–H and O–H groups in total. The molecular weight excluding hydrogens is 326 g/mol. The SMILES string of the molecule is Clc1ccc(CSc2nnc(C3CC3)n2C2CCCCC2)cc1. The van der Waals surface area contributed by atoms with Crippen molar-refractivity contribution in [3.05, 3.63) is 40.7 Å². The van der Waals surface area contributed by atoms with Crippen molar-refractivity contribution in [1.29, 1.82) is 0 Å². The zero-order valence-corrected chi connectivity index (χ0v) is 14.8. The van der Waals surface area contributed by atoms with Crippen LogP contribution < -0.4 is 0 Å². The van der Waals surface area contributed by atoms with Crippen molar-refractivity contribution in [1.82, 2.24) is 14.8 Å². The Morgan fingerprint density at radius 1 is 1.00 bits per heavy atom. The van der Waals surface area contributed by atoms with E-state index < -0.39 is 0 Å². The van der Waals surface area contributed by atoms with Gasteiger partial charge in [0.25, 0.3) is 0 Å². The third-order valence-corrected chi connectivity index (χ3v) is 6.12. The summed E-state index contributed by atoms with van der Waals surface area (Å²) in [5, 5.41) is 11.0. The van der Waals surface area contributed by atoms with Gasteiger partial charge in [0.05, 0.1) is 0 Å². The number of hydrogen-bond acceptors (Lipinski definition) is 3. The van der Waals surface area contributed by atoms with E-state index in [0.717, 1.165) is 15.9 Å². The molecule has 0 aliphatic heterocycles. The van der Waals surface area contributed by atoms with Gasteiger partial charge in [-0.15, -0.1) is 10.2 Å². The largest absolute Gasteiger partial charge is 0.303 e. The highest BCUT2D eigenvalue weighted by molar-refractivity contribution is 7.98. The first kappa shape index (κ1) is 15.5. The lowest BCUT2D eigenvalue weighted by Crippen LogP contribution is -2.16. The topological polar surface area (TPSA) is 30.7 Å². The molecule has 122 valence electrons. The van der Waals surface area contributed by atoms with Crippen LogP contribution in [0.1, 0.15) is 68.3 Å². The molecule has 0 atom stereocenters. The summed E-state index contributed by atoms with van der Waals surface area (Å²) in [6, 6.07) is 8.72. The van der Waals surface area contributed by atoms with Gasteiger partial charge in [0.15, 0.2) is 5.16 Å². The van der Waals surface area contributed by atoms with Crippen LogP contribution in [0.4, 0.5) is 0 Å². The number of aromatic nitrogens is 3. The van der Waals surface area contributed by atoms with Crippen molar-refractivity contribution in [2.45, 2.75) is 67.8 Å². The molecule has 0 saturated heterocycles. The average molecular weight is 348 g/mol. The third kappa shape index (κ3) is 3.58. The van der Waals surface area contributed by atoms with Gasteiger partial charge in [-0.2, -0.15) is 0 Å². The number of rotatable bonds is 5. The fourth-order valence-electron chi connectivity index (χ4n) is 3.42. The normalized spacial score (nSPS) is 19.2. The molecule has 4 rings (SSSR count). The Bertz CT molecular complexity index is 657. The first-order valence-corrected chi connectivity index (χ1v) is 9.99. The summed E-state index contributed by atoms with van der Waals surface area (Å²) >= 11 is 7.78. The van der Waals surface area contributed by atoms with Crippen LogP contribution in [-0.4, -0.2) is 14.8 Å². The molecular formula is C18H22ClN3S. The molecule has 0 bridgehead atoms. The summed E-state index contributed by atoms with van der Waals surface area (Å²) < 4.78 is 2.48. The molecule has 3 nitrogen and oxygen atoms in total. The Labute approximate surface area is 146 Å². The lowest BCUT2D eigenvalue weighted by atomic mass is 9.95. The van der Waals surface area contributed by atoms with Crippen LogP contribution in [0, 0.1) is 0 Å². The van der Waals surface area contributed by atoms with Crippen molar-refractivity contribution in [3.63, 3.8) is 0 Å². The smallest absolute Gasteiger partial charge is 0.191 e. The van der Waals surface area contributed by atoms with Gasteiger partial charge in [0, 0.05) is 22.7 Å². The molecule has 1 heterocycles. The van der Waals surface area contributed by atoms with E-state index in [9.17, 15) is 0 Å². The lowest BCUT2D eigenvalue weighted by Gasteiger charge is -2.25. The van der Waals surface area contributed by atoms with Crippen molar-refractivity contribution >= 4 is 23.4 Å². The Kier molecular flexibility index (Phi) is 4.63. The monoisotopic (exact) mass is 347 g/mol. The third-order valence-electron chi connectivity index (χ3n) is 4.85. The van der Waals surface area contributed by atoms with Crippen LogP contribution in [0.25, 0.3) is 0 Å². The highest BCUT2D eigenvalue weighted by Gasteiger charge is 2.33. The number of thioether (sulfide) groups is 1. The van der Waals surface area contributed by atoms with Crippen LogP contribution in [-0.2, 0) is 5.75 Å². The second-order valence-corrected chi connectivity index (χ2v) is 8.07. The molecule has 0 spiro atoms. The summed E-state index contributed by atoms with van der Waals surface area (Å²) in [7, 11) is 0. The number of hydrogen-bond donors (Lipinski definition) is 0. The van der Waals surface area contributed by atoms with Crippen LogP contribution >= 0.6 is 23.4 Å². The molecule has 2 aliphatic carbocycles. The van der Waals surface area contributed by atoms with E-state index in [4.69, 9.17) is 11.6 Å². The van der Waals surface area contributed by atoms with E-state index >= 15 is 0 Å². The van der Waals surface area contributed by atoms with Gasteiger partial charge in [-0.1, -0.05) is 54.8 Å². The average Bonchev–Trinajstić information content (AvgIpc) is 3.35. The van der Waals surface area contributed by atoms with Crippen molar-refractivity contribution in [2.24, 2.45) is 0 Å². The fraction of sp³-hybridized carbons (Fsp3) is 0.556. The number of nitrogens with zero attached hydrogens (tertiary/aromatic N) is 3. The summed E-state index contributed by atoms with van der Waals surface area (Å²) in [4.78, 5) is 0. The highest BCUT2D eigenvalue weighted by Crippen LogP contribution is 2.43. The van der Waals surface area contributed by atoms with E-state index in [1.807, 2.05) is 23.9 Å². The summed E-state index contributed by atoms with van der Waals surface area (Å²) in [6.45, 7) is 0. The minimum Gasteiger partial charge on any atom is -0.303 e. The van der Waals surface area contributed by atoms with Gasteiger partial charge in [0.1, 0.15) is 5.82 Å². The van der Waals surface area contributed by atoms with E-state index in [2.05, 4.69) is 26.9 Å². The van der Waals surface area contributed by atoms with Crippen LogP contribution in [0.15, 0.2) is 29.4 Å². The van der Waals surface area contributed by atoms with E-state index in [-0.39, 0.29) is 0 Å². The van der Waals surface area contributed by atoms with E-state index in [0.29, 0.717) is 12.0 Å². The molecule has 2 saturated carbocycles. The van der Waals surface area contributed by atoms with Crippen molar-refractivity contribution in [2.75, 3.05) is 0 Å². The highest BCUT2D eigenvalue weighted by atomic mass is 35.5. The Morgan fingerprint density at radius 2 is 1.74 bits per heavy atom. The number of benzene rings is 1. The zero-order chi connectivity index (χ0) is 15.6. The lowest BCUT2D eigenvalue weighted by molar-refractivity contribution is 0.329. The van der Waals surface area contributed by atoms with Gasteiger partial charge >= 0.3 is 0 Å². The molecule has 2 aromatic rings. The summed E-state index contributed by atoms with van der Waals surface area (Å²) in [5.74, 6) is 2.83. The first-order valence-electron chi connectivity index (χ1n) is 8.63. The molecule has 0 unspecified atom stereocenters. The summed E-state index contributed by atoms with van der Waals surface area (Å²) in [6.07, 6.45) is 9.20. The quantitative estimate of drug-likeness (QED) is 0.659. The molecule has 0 radical (unpaired) electrons. The summed E-state index contributed by atoms with van der Waals surface area (Å²) in [5.41, 5.74) is 1.28. The molecule has 5 heteroatoms. The van der Waals surface area contributed by atoms with Gasteiger partial charge in [-0.25, -0.2) is 0 Å². The van der Waals surface area contributed by atoms with Crippen molar-refractivity contribution < 1.29 is 0 Å². The minimum absolute atomic E-state index is 0.613. The maximum Gasteiger partial charge on any atom is 0.191 e. The maximum absolute atomic E-state index is 5.97. The van der Waals surface area contributed by atoms with Crippen molar-refractivity contribution in [3.8, 4) is 0 Å². The first-order chi connectivity index (χ1) is 11.3. The Morgan fingerprint density at radius 3 is 2.43 bits per heavy atom. The molecule has 23 heavy (non-hydrogen) atoms. The maximum atomic E-state index is 5.97. The Balaban J connectivity index is 1.53. The predicted octanol–water partition coefficient (Wildman–Crippen LogP) is 5.61. The Hall–Kier alpha value is -1.00. The standard InChI is InChI=1S/C18H22ClN3S/c19-15-10-6-13(7-11-15)12-23-18-21-20-17(14-8-9-14)22(18)16-4-2-1-3-5-16/h6-7,10-11,14,16H,1-5,8-9,12H2. The zero-order valence-electron chi connectivity index (χ0n) is 13.2. The molecule has 0 amide bonds. The minimum atomic E-state index is 0.613.